The van der Waals surface area contributed by atoms with E-state index in [-0.39, 0.29) is 12.2 Å². The number of benzene rings is 1. The second kappa shape index (κ2) is 6.35. The van der Waals surface area contributed by atoms with Crippen molar-refractivity contribution in [2.75, 3.05) is 0 Å². The number of aryl methyl sites for hydroxylation is 1. The van der Waals surface area contributed by atoms with Crippen LogP contribution in [-0.4, -0.2) is 18.3 Å². The Balaban J connectivity index is 1.91. The molecule has 100 valence electrons. The Bertz CT molecular complexity index is 375. The fraction of sp³-hybridized carbons (Fsp3) is 0.625. The van der Waals surface area contributed by atoms with E-state index >= 15 is 0 Å². The second-order valence-electron chi connectivity index (χ2n) is 5.12. The van der Waals surface area contributed by atoms with E-state index in [1.54, 1.807) is 0 Å². The largest absolute Gasteiger partial charge is 0.372 e. The van der Waals surface area contributed by atoms with Crippen LogP contribution in [0.3, 0.4) is 0 Å². The molecule has 3 atom stereocenters. The third kappa shape index (κ3) is 3.12. The maximum Gasteiger partial charge on any atom is 0.0865 e. The Morgan fingerprint density at radius 2 is 2.00 bits per heavy atom. The van der Waals surface area contributed by atoms with E-state index in [0.29, 0.717) is 12.7 Å². The van der Waals surface area contributed by atoms with Crippen molar-refractivity contribution >= 4 is 0 Å². The summed E-state index contributed by atoms with van der Waals surface area (Å²) in [7, 11) is 0. The van der Waals surface area contributed by atoms with Gasteiger partial charge >= 0.3 is 0 Å². The summed E-state index contributed by atoms with van der Waals surface area (Å²) in [6.07, 6.45) is 4.09. The fourth-order valence-electron chi connectivity index (χ4n) is 2.57. The second-order valence-corrected chi connectivity index (χ2v) is 5.12. The monoisotopic (exact) mass is 248 g/mol. The highest BCUT2D eigenvalue weighted by atomic mass is 16.6. The molecule has 2 rings (SSSR count). The highest BCUT2D eigenvalue weighted by molar-refractivity contribution is 5.24. The molecule has 0 N–H and O–H groups in total. The van der Waals surface area contributed by atoms with Gasteiger partial charge in [0.25, 0.3) is 0 Å². The first-order chi connectivity index (χ1) is 8.74. The molecule has 1 aromatic rings. The van der Waals surface area contributed by atoms with Crippen molar-refractivity contribution in [1.82, 2.24) is 0 Å². The minimum atomic E-state index is 0.263. The van der Waals surface area contributed by atoms with E-state index in [1.165, 1.54) is 11.1 Å². The number of rotatable bonds is 5. The van der Waals surface area contributed by atoms with Gasteiger partial charge in [0.2, 0.25) is 0 Å². The smallest absolute Gasteiger partial charge is 0.0865 e. The highest BCUT2D eigenvalue weighted by Gasteiger charge is 2.33. The van der Waals surface area contributed by atoms with Crippen molar-refractivity contribution in [2.45, 2.75) is 65.0 Å². The molecule has 0 amide bonds. The molecule has 3 unspecified atom stereocenters. The molecule has 1 saturated heterocycles. The molecular formula is C16H24O2. The number of hydrogen-bond acceptors (Lipinski definition) is 2. The van der Waals surface area contributed by atoms with Crippen molar-refractivity contribution < 1.29 is 9.47 Å². The average Bonchev–Trinajstić information content (AvgIpc) is 2.80. The highest BCUT2D eigenvalue weighted by Crippen LogP contribution is 2.28. The minimum Gasteiger partial charge on any atom is -0.372 e. The lowest BCUT2D eigenvalue weighted by Gasteiger charge is -2.18. The van der Waals surface area contributed by atoms with Crippen LogP contribution < -0.4 is 0 Å². The molecule has 2 heteroatoms. The first kappa shape index (κ1) is 13.6. The molecule has 1 aliphatic rings. The van der Waals surface area contributed by atoms with Crippen molar-refractivity contribution in [1.29, 1.82) is 0 Å². The molecule has 1 fully saturated rings. The molecular weight excluding hydrogens is 224 g/mol. The van der Waals surface area contributed by atoms with Gasteiger partial charge in [-0.15, -0.1) is 0 Å². The predicted molar refractivity (Wildman–Crippen MR) is 73.6 cm³/mol. The van der Waals surface area contributed by atoms with Crippen molar-refractivity contribution in [3.8, 4) is 0 Å². The van der Waals surface area contributed by atoms with Crippen LogP contribution >= 0.6 is 0 Å². The maximum atomic E-state index is 6.08. The van der Waals surface area contributed by atoms with Crippen LogP contribution in [0.25, 0.3) is 0 Å². The minimum absolute atomic E-state index is 0.263. The Labute approximate surface area is 110 Å². The Morgan fingerprint density at radius 1 is 1.22 bits per heavy atom. The van der Waals surface area contributed by atoms with Gasteiger partial charge in [-0.3, -0.25) is 0 Å². The quantitative estimate of drug-likeness (QED) is 0.788. The molecule has 0 bridgehead atoms. The van der Waals surface area contributed by atoms with Crippen molar-refractivity contribution in [3.63, 3.8) is 0 Å². The molecule has 1 heterocycles. The Hall–Kier alpha value is -0.860. The molecule has 0 radical (unpaired) electrons. The summed E-state index contributed by atoms with van der Waals surface area (Å²) < 4.78 is 12.0. The summed E-state index contributed by atoms with van der Waals surface area (Å²) in [6, 6.07) is 8.42. The van der Waals surface area contributed by atoms with E-state index in [9.17, 15) is 0 Å². The van der Waals surface area contributed by atoms with Gasteiger partial charge in [0.15, 0.2) is 0 Å². The van der Waals surface area contributed by atoms with Crippen molar-refractivity contribution in [3.05, 3.63) is 35.4 Å². The molecule has 1 aromatic carbocycles. The van der Waals surface area contributed by atoms with E-state index in [0.717, 1.165) is 19.3 Å². The van der Waals surface area contributed by atoms with Crippen LogP contribution in [-0.2, 0) is 16.1 Å². The van der Waals surface area contributed by atoms with Gasteiger partial charge in [-0.2, -0.15) is 0 Å². The van der Waals surface area contributed by atoms with Gasteiger partial charge in [-0.25, -0.2) is 0 Å². The van der Waals surface area contributed by atoms with Gasteiger partial charge in [0.05, 0.1) is 24.9 Å². The van der Waals surface area contributed by atoms with Gasteiger partial charge in [0.1, 0.15) is 0 Å². The van der Waals surface area contributed by atoms with Crippen LogP contribution in [0.1, 0.15) is 44.2 Å². The van der Waals surface area contributed by atoms with Crippen LogP contribution in [0.2, 0.25) is 0 Å². The van der Waals surface area contributed by atoms with Gasteiger partial charge in [-0.1, -0.05) is 38.1 Å². The van der Waals surface area contributed by atoms with E-state index in [2.05, 4.69) is 45.0 Å². The van der Waals surface area contributed by atoms with Crippen molar-refractivity contribution in [2.24, 2.45) is 0 Å². The SMILES string of the molecule is CCC1CC(OCc2ccccc2C)C(CC)O1. The molecule has 18 heavy (non-hydrogen) atoms. The number of ether oxygens (including phenoxy) is 2. The molecule has 2 nitrogen and oxygen atoms in total. The summed E-state index contributed by atoms with van der Waals surface area (Å²) in [6.45, 7) is 7.19. The zero-order valence-corrected chi connectivity index (χ0v) is 11.7. The first-order valence-corrected chi connectivity index (χ1v) is 7.06. The standard InChI is InChI=1S/C16H24O2/c1-4-14-10-16(15(5-2)18-14)17-11-13-9-7-6-8-12(13)3/h6-9,14-16H,4-5,10-11H2,1-3H3. The normalized spacial score (nSPS) is 27.6. The molecule has 1 aliphatic heterocycles. The zero-order chi connectivity index (χ0) is 13.0. The third-order valence-electron chi connectivity index (χ3n) is 3.85. The van der Waals surface area contributed by atoms with E-state index in [4.69, 9.17) is 9.47 Å². The first-order valence-electron chi connectivity index (χ1n) is 7.06. The summed E-state index contributed by atoms with van der Waals surface area (Å²) >= 11 is 0. The molecule has 0 aliphatic carbocycles. The topological polar surface area (TPSA) is 18.5 Å². The van der Waals surface area contributed by atoms with E-state index in [1.807, 2.05) is 0 Å². The van der Waals surface area contributed by atoms with Crippen LogP contribution in [0.5, 0.6) is 0 Å². The van der Waals surface area contributed by atoms with Crippen LogP contribution in [0, 0.1) is 6.92 Å². The van der Waals surface area contributed by atoms with Gasteiger partial charge in [-0.05, 0) is 30.9 Å². The van der Waals surface area contributed by atoms with Crippen LogP contribution in [0.4, 0.5) is 0 Å². The summed E-state index contributed by atoms with van der Waals surface area (Å²) in [5.41, 5.74) is 2.59. The van der Waals surface area contributed by atoms with Crippen LogP contribution in [0.15, 0.2) is 24.3 Å². The molecule has 0 aromatic heterocycles. The maximum absolute atomic E-state index is 6.08. The Kier molecular flexibility index (Phi) is 4.79. The summed E-state index contributed by atoms with van der Waals surface area (Å²) in [4.78, 5) is 0. The van der Waals surface area contributed by atoms with Gasteiger partial charge in [0, 0.05) is 6.42 Å². The van der Waals surface area contributed by atoms with Gasteiger partial charge < -0.3 is 9.47 Å². The average molecular weight is 248 g/mol. The lowest BCUT2D eigenvalue weighted by atomic mass is 10.1. The fourth-order valence-corrected chi connectivity index (χ4v) is 2.57. The zero-order valence-electron chi connectivity index (χ0n) is 11.7. The molecule has 0 spiro atoms. The number of hydrogen-bond donors (Lipinski definition) is 0. The predicted octanol–water partition coefficient (Wildman–Crippen LogP) is 3.86. The lowest BCUT2D eigenvalue weighted by Crippen LogP contribution is -2.23. The Morgan fingerprint density at radius 3 is 2.67 bits per heavy atom. The van der Waals surface area contributed by atoms with E-state index < -0.39 is 0 Å². The third-order valence-corrected chi connectivity index (χ3v) is 3.85. The summed E-state index contributed by atoms with van der Waals surface area (Å²) in [5.74, 6) is 0. The summed E-state index contributed by atoms with van der Waals surface area (Å²) in [5, 5.41) is 0. The lowest BCUT2D eigenvalue weighted by molar-refractivity contribution is -0.0305. The molecule has 0 saturated carbocycles.